The number of carbonyl (C=O) groups is 2. The number of anilines is 1. The van der Waals surface area contributed by atoms with Crippen LogP contribution in [-0.2, 0) is 12.0 Å². The minimum Gasteiger partial charge on any atom is -0.337 e. The molecule has 0 radical (unpaired) electrons. The van der Waals surface area contributed by atoms with Crippen LogP contribution in [0.2, 0.25) is 0 Å². The van der Waals surface area contributed by atoms with E-state index in [1.807, 2.05) is 23.1 Å². The van der Waals surface area contributed by atoms with Crippen molar-refractivity contribution >= 4 is 28.4 Å². The monoisotopic (exact) mass is 497 g/mol. The number of rotatable bonds is 5. The van der Waals surface area contributed by atoms with Gasteiger partial charge < -0.3 is 14.8 Å². The highest BCUT2D eigenvalue weighted by molar-refractivity contribution is 6.06. The Kier molecular flexibility index (Phi) is 6.59. The average molecular weight is 498 g/mol. The van der Waals surface area contributed by atoms with Gasteiger partial charge in [-0.1, -0.05) is 57.2 Å². The lowest BCUT2D eigenvalue weighted by Gasteiger charge is -2.20. The van der Waals surface area contributed by atoms with E-state index in [1.165, 1.54) is 17.7 Å². The van der Waals surface area contributed by atoms with E-state index in [2.05, 4.69) is 54.9 Å². The molecule has 5 nitrogen and oxygen atoms in total. The normalized spacial score (nSPS) is 13.8. The molecule has 1 N–H and O–H groups in total. The molecule has 0 bridgehead atoms. The van der Waals surface area contributed by atoms with Crippen molar-refractivity contribution in [3.63, 3.8) is 0 Å². The third-order valence-corrected chi connectivity index (χ3v) is 7.05. The standard InChI is InChI=1S/C31H32FN3O2/c1-31(2,3)23-12-10-21(11-13-23)20-35-27-15-14-24(33-29(36)25-8-4-5-9-26(25)32)18-22(27)19-28(35)30(37)34-16-6-7-17-34/h4-5,8-15,18-19H,6-7,16-17,20H2,1-3H3,(H,33,36). The smallest absolute Gasteiger partial charge is 0.270 e. The molecule has 3 aromatic carbocycles. The van der Waals surface area contributed by atoms with Crippen LogP contribution in [0.3, 0.4) is 0 Å². The Morgan fingerprint density at radius 1 is 0.919 bits per heavy atom. The molecule has 0 atom stereocenters. The topological polar surface area (TPSA) is 54.3 Å². The molecule has 190 valence electrons. The van der Waals surface area contributed by atoms with Gasteiger partial charge in [0.15, 0.2) is 0 Å². The number of hydrogen-bond acceptors (Lipinski definition) is 2. The molecule has 1 aliphatic heterocycles. The summed E-state index contributed by atoms with van der Waals surface area (Å²) in [5.41, 5.74) is 4.52. The van der Waals surface area contributed by atoms with Gasteiger partial charge in [-0.2, -0.15) is 0 Å². The second-order valence-electron chi connectivity index (χ2n) is 10.8. The van der Waals surface area contributed by atoms with E-state index in [9.17, 15) is 14.0 Å². The number of hydrogen-bond donors (Lipinski definition) is 1. The van der Waals surface area contributed by atoms with E-state index in [4.69, 9.17) is 0 Å². The number of fused-ring (bicyclic) bond motifs is 1. The molecule has 2 heterocycles. The summed E-state index contributed by atoms with van der Waals surface area (Å²) in [6, 6.07) is 21.9. The first-order chi connectivity index (χ1) is 17.7. The Balaban J connectivity index is 1.49. The molecule has 4 aromatic rings. The summed E-state index contributed by atoms with van der Waals surface area (Å²) < 4.78 is 16.1. The molecule has 1 fully saturated rings. The van der Waals surface area contributed by atoms with Crippen LogP contribution in [-0.4, -0.2) is 34.4 Å². The first kappa shape index (κ1) is 24.8. The number of amides is 2. The van der Waals surface area contributed by atoms with Crippen molar-refractivity contribution in [1.29, 1.82) is 0 Å². The van der Waals surface area contributed by atoms with Crippen LogP contribution >= 0.6 is 0 Å². The fourth-order valence-electron chi connectivity index (χ4n) is 4.91. The maximum Gasteiger partial charge on any atom is 0.270 e. The minimum absolute atomic E-state index is 0.0104. The van der Waals surface area contributed by atoms with Crippen LogP contribution in [0.5, 0.6) is 0 Å². The van der Waals surface area contributed by atoms with E-state index in [1.54, 1.807) is 18.2 Å². The molecule has 0 spiro atoms. The maximum atomic E-state index is 14.1. The fourth-order valence-corrected chi connectivity index (χ4v) is 4.91. The van der Waals surface area contributed by atoms with Crippen molar-refractivity contribution in [3.05, 3.63) is 101 Å². The molecule has 6 heteroatoms. The molecule has 5 rings (SSSR count). The number of aromatic nitrogens is 1. The van der Waals surface area contributed by atoms with Crippen molar-refractivity contribution in [1.82, 2.24) is 9.47 Å². The largest absolute Gasteiger partial charge is 0.337 e. The lowest BCUT2D eigenvalue weighted by Crippen LogP contribution is -2.29. The Labute approximate surface area is 216 Å². The van der Waals surface area contributed by atoms with Gasteiger partial charge in [-0.3, -0.25) is 9.59 Å². The number of benzene rings is 3. The van der Waals surface area contributed by atoms with Crippen LogP contribution in [0, 0.1) is 5.82 Å². The Morgan fingerprint density at radius 2 is 1.62 bits per heavy atom. The van der Waals surface area contributed by atoms with Crippen LogP contribution in [0.4, 0.5) is 10.1 Å². The molecule has 1 aliphatic rings. The third-order valence-electron chi connectivity index (χ3n) is 7.05. The van der Waals surface area contributed by atoms with Crippen molar-refractivity contribution in [3.8, 4) is 0 Å². The summed E-state index contributed by atoms with van der Waals surface area (Å²) in [6.07, 6.45) is 2.04. The van der Waals surface area contributed by atoms with Crippen LogP contribution in [0.25, 0.3) is 10.9 Å². The highest BCUT2D eigenvalue weighted by Crippen LogP contribution is 2.28. The number of likely N-dealkylation sites (tertiary alicyclic amines) is 1. The fraction of sp³-hybridized carbons (Fsp3) is 0.290. The van der Waals surface area contributed by atoms with Crippen molar-refractivity contribution in [2.45, 2.75) is 45.6 Å². The van der Waals surface area contributed by atoms with E-state index >= 15 is 0 Å². The van der Waals surface area contributed by atoms with Gasteiger partial charge in [0.2, 0.25) is 0 Å². The van der Waals surface area contributed by atoms with Crippen molar-refractivity contribution in [2.24, 2.45) is 0 Å². The number of halogens is 1. The van der Waals surface area contributed by atoms with Crippen LogP contribution < -0.4 is 5.32 Å². The quantitative estimate of drug-likeness (QED) is 0.337. The van der Waals surface area contributed by atoms with Gasteiger partial charge in [-0.15, -0.1) is 0 Å². The van der Waals surface area contributed by atoms with E-state index in [-0.39, 0.29) is 16.9 Å². The first-order valence-corrected chi connectivity index (χ1v) is 12.8. The SMILES string of the molecule is CC(C)(C)c1ccc(Cn2c(C(=O)N3CCCC3)cc3cc(NC(=O)c4ccccc4F)ccc32)cc1. The van der Waals surface area contributed by atoms with Crippen molar-refractivity contribution < 1.29 is 14.0 Å². The molecule has 0 saturated carbocycles. The van der Waals surface area contributed by atoms with Gasteiger partial charge in [-0.25, -0.2) is 4.39 Å². The van der Waals surface area contributed by atoms with E-state index in [0.717, 1.165) is 42.4 Å². The molecule has 37 heavy (non-hydrogen) atoms. The molecule has 0 aliphatic carbocycles. The molecular weight excluding hydrogens is 465 g/mol. The summed E-state index contributed by atoms with van der Waals surface area (Å²) in [5.74, 6) is -1.05. The predicted octanol–water partition coefficient (Wildman–Crippen LogP) is 6.61. The zero-order chi connectivity index (χ0) is 26.2. The molecule has 2 amide bonds. The summed E-state index contributed by atoms with van der Waals surface area (Å²) >= 11 is 0. The summed E-state index contributed by atoms with van der Waals surface area (Å²) in [5, 5.41) is 3.64. The number of nitrogens with one attached hydrogen (secondary N) is 1. The lowest BCUT2D eigenvalue weighted by atomic mass is 9.87. The Bertz CT molecular complexity index is 1460. The first-order valence-electron chi connectivity index (χ1n) is 12.8. The summed E-state index contributed by atoms with van der Waals surface area (Å²) in [4.78, 5) is 28.1. The van der Waals surface area contributed by atoms with Gasteiger partial charge in [0.05, 0.1) is 5.56 Å². The Hall–Kier alpha value is -3.93. The molecule has 1 saturated heterocycles. The van der Waals surface area contributed by atoms with Gasteiger partial charge >= 0.3 is 0 Å². The van der Waals surface area contributed by atoms with E-state index in [0.29, 0.717) is 17.9 Å². The summed E-state index contributed by atoms with van der Waals surface area (Å²) in [6.45, 7) is 8.67. The highest BCUT2D eigenvalue weighted by Gasteiger charge is 2.24. The van der Waals surface area contributed by atoms with Gasteiger partial charge in [-0.05, 0) is 65.8 Å². The zero-order valence-electron chi connectivity index (χ0n) is 21.6. The summed E-state index contributed by atoms with van der Waals surface area (Å²) in [7, 11) is 0. The predicted molar refractivity (Wildman–Crippen MR) is 146 cm³/mol. The minimum atomic E-state index is -0.566. The van der Waals surface area contributed by atoms with Gasteiger partial charge in [0.1, 0.15) is 11.5 Å². The second kappa shape index (κ2) is 9.85. The molecule has 1 aromatic heterocycles. The van der Waals surface area contributed by atoms with Crippen LogP contribution in [0.15, 0.2) is 72.8 Å². The second-order valence-corrected chi connectivity index (χ2v) is 10.8. The Morgan fingerprint density at radius 3 is 2.30 bits per heavy atom. The highest BCUT2D eigenvalue weighted by atomic mass is 19.1. The number of carbonyl (C=O) groups excluding carboxylic acids is 2. The van der Waals surface area contributed by atoms with Gasteiger partial charge in [0.25, 0.3) is 11.8 Å². The molecule has 0 unspecified atom stereocenters. The van der Waals surface area contributed by atoms with E-state index < -0.39 is 11.7 Å². The van der Waals surface area contributed by atoms with Gasteiger partial charge in [0, 0.05) is 36.2 Å². The molecular formula is C31H32FN3O2. The maximum absolute atomic E-state index is 14.1. The van der Waals surface area contributed by atoms with Crippen LogP contribution in [0.1, 0.15) is 65.6 Å². The lowest BCUT2D eigenvalue weighted by molar-refractivity contribution is 0.0783. The number of nitrogens with zero attached hydrogens (tertiary/aromatic N) is 2. The third kappa shape index (κ3) is 5.15. The zero-order valence-corrected chi connectivity index (χ0v) is 21.6. The van der Waals surface area contributed by atoms with Crippen molar-refractivity contribution in [2.75, 3.05) is 18.4 Å². The average Bonchev–Trinajstić information content (AvgIpc) is 3.52.